The van der Waals surface area contributed by atoms with Gasteiger partial charge in [-0.05, 0) is 79.3 Å². The van der Waals surface area contributed by atoms with E-state index in [0.717, 1.165) is 45.5 Å². The first kappa shape index (κ1) is 35.8. The Morgan fingerprint density at radius 3 is 2.10 bits per heavy atom. The van der Waals surface area contributed by atoms with Crippen molar-refractivity contribution in [1.29, 1.82) is 0 Å². The predicted octanol–water partition coefficient (Wildman–Crippen LogP) is 8.61. The van der Waals surface area contributed by atoms with Gasteiger partial charge in [0.2, 0.25) is 5.91 Å². The number of amidine groups is 1. The fraction of sp³-hybridized carbons (Fsp3) is 0.190. The van der Waals surface area contributed by atoms with E-state index in [4.69, 9.17) is 0 Å². The minimum absolute atomic E-state index is 0.0613. The van der Waals surface area contributed by atoms with E-state index in [-0.39, 0.29) is 28.4 Å². The molecule has 5 rings (SSSR count). The maximum atomic E-state index is 14.2. The third-order valence-electron chi connectivity index (χ3n) is 8.50. The molecule has 0 radical (unpaired) electrons. The lowest BCUT2D eigenvalue weighted by atomic mass is 9.99. The number of rotatable bonds is 11. The summed E-state index contributed by atoms with van der Waals surface area (Å²) in [7, 11) is 0. The summed E-state index contributed by atoms with van der Waals surface area (Å²) in [5.74, 6) is -1.09. The van der Waals surface area contributed by atoms with Crippen LogP contribution in [0.3, 0.4) is 0 Å². The SMILES string of the molecule is C=C/C=C\C(=C/C)N1C(=O)/C(=C/c2cc(C)n(-c3ccc(C(C)C)cc3)c2C)C(=O)N=C1SCC(=O)NC(c1ccccc1)c1ccccc1. The van der Waals surface area contributed by atoms with Gasteiger partial charge < -0.3 is 9.88 Å². The standard InChI is InChI=1S/C42H42N4O3S/c1-7-9-20-35(8-2)46-41(49)37(26-34-25-29(5)45(30(34)6)36-23-21-31(22-24-36)28(3)4)40(48)44-42(46)50-27-38(47)43-39(32-16-12-10-13-17-32)33-18-14-11-15-19-33/h7-26,28,39H,1,27H2,2-6H3,(H,43,47)/b20-9-,35-8+,37-26+. The number of hydrogen-bond acceptors (Lipinski definition) is 4. The number of aromatic nitrogens is 1. The second kappa shape index (κ2) is 16.3. The van der Waals surface area contributed by atoms with E-state index in [1.807, 2.05) is 80.6 Å². The minimum Gasteiger partial charge on any atom is -0.344 e. The Kier molecular flexibility index (Phi) is 11.7. The summed E-state index contributed by atoms with van der Waals surface area (Å²) < 4.78 is 2.11. The molecule has 7 nitrogen and oxygen atoms in total. The van der Waals surface area contributed by atoms with Gasteiger partial charge in [-0.3, -0.25) is 19.3 Å². The van der Waals surface area contributed by atoms with Gasteiger partial charge in [0.15, 0.2) is 5.17 Å². The molecule has 1 N–H and O–H groups in total. The molecule has 3 aromatic carbocycles. The van der Waals surface area contributed by atoms with E-state index in [1.165, 1.54) is 10.5 Å². The van der Waals surface area contributed by atoms with Crippen LogP contribution in [0, 0.1) is 13.8 Å². The number of allylic oxidation sites excluding steroid dienone is 4. The topological polar surface area (TPSA) is 83.8 Å². The van der Waals surface area contributed by atoms with Crippen molar-refractivity contribution < 1.29 is 14.4 Å². The highest BCUT2D eigenvalue weighted by molar-refractivity contribution is 8.14. The van der Waals surface area contributed by atoms with Gasteiger partial charge in [-0.25, -0.2) is 0 Å². The average Bonchev–Trinajstić information content (AvgIpc) is 3.41. The molecule has 4 aromatic rings. The van der Waals surface area contributed by atoms with Crippen LogP contribution < -0.4 is 5.32 Å². The van der Waals surface area contributed by atoms with E-state index >= 15 is 0 Å². The van der Waals surface area contributed by atoms with Crippen molar-refractivity contribution in [2.75, 3.05) is 5.75 Å². The first-order chi connectivity index (χ1) is 24.1. The van der Waals surface area contributed by atoms with Crippen LogP contribution in [-0.2, 0) is 14.4 Å². The summed E-state index contributed by atoms with van der Waals surface area (Å²) in [6.45, 7) is 13.8. The molecular formula is C42H42N4O3S. The Hall–Kier alpha value is -5.47. The Morgan fingerprint density at radius 1 is 0.920 bits per heavy atom. The van der Waals surface area contributed by atoms with Crippen LogP contribution in [0.4, 0.5) is 0 Å². The zero-order chi connectivity index (χ0) is 35.8. The smallest absolute Gasteiger partial charge is 0.285 e. The minimum atomic E-state index is -0.658. The molecule has 0 saturated heterocycles. The van der Waals surface area contributed by atoms with E-state index in [0.29, 0.717) is 11.6 Å². The number of aryl methyl sites for hydroxylation is 1. The fourth-order valence-electron chi connectivity index (χ4n) is 5.89. The molecule has 2 heterocycles. The van der Waals surface area contributed by atoms with Crippen molar-refractivity contribution in [3.63, 3.8) is 0 Å². The summed E-state index contributed by atoms with van der Waals surface area (Å²) in [5, 5.41) is 3.25. The number of thioether (sulfide) groups is 1. The summed E-state index contributed by atoms with van der Waals surface area (Å²) in [6, 6.07) is 29.4. The molecule has 254 valence electrons. The lowest BCUT2D eigenvalue weighted by Crippen LogP contribution is -2.42. The van der Waals surface area contributed by atoms with Crippen LogP contribution in [0.1, 0.15) is 66.4 Å². The Labute approximate surface area is 298 Å². The van der Waals surface area contributed by atoms with E-state index < -0.39 is 11.8 Å². The van der Waals surface area contributed by atoms with E-state index in [9.17, 15) is 14.4 Å². The molecule has 1 aliphatic heterocycles. The first-order valence-electron chi connectivity index (χ1n) is 16.6. The number of carbonyl (C=O) groups excluding carboxylic acids is 3. The van der Waals surface area contributed by atoms with Gasteiger partial charge in [0, 0.05) is 22.8 Å². The average molecular weight is 683 g/mol. The Bertz CT molecular complexity index is 1960. The fourth-order valence-corrected chi connectivity index (χ4v) is 6.70. The summed E-state index contributed by atoms with van der Waals surface area (Å²) in [4.78, 5) is 47.0. The van der Waals surface area contributed by atoms with Crippen molar-refractivity contribution in [3.05, 3.63) is 167 Å². The van der Waals surface area contributed by atoms with E-state index in [2.05, 4.69) is 59.6 Å². The van der Waals surface area contributed by atoms with Crippen LogP contribution in [0.15, 0.2) is 138 Å². The number of amides is 3. The summed E-state index contributed by atoms with van der Waals surface area (Å²) in [5.41, 5.74) is 7.17. The molecule has 0 fully saturated rings. The van der Waals surface area contributed by atoms with Gasteiger partial charge in [0.1, 0.15) is 5.57 Å². The monoisotopic (exact) mass is 682 g/mol. The largest absolute Gasteiger partial charge is 0.344 e. The molecule has 8 heteroatoms. The Balaban J connectivity index is 1.44. The number of carbonyl (C=O) groups is 3. The number of hydrogen-bond donors (Lipinski definition) is 1. The highest BCUT2D eigenvalue weighted by atomic mass is 32.2. The van der Waals surface area contributed by atoms with Gasteiger partial charge in [0.05, 0.1) is 11.8 Å². The quantitative estimate of drug-likeness (QED) is 0.0976. The first-order valence-corrected chi connectivity index (χ1v) is 17.6. The lowest BCUT2D eigenvalue weighted by molar-refractivity contribution is -0.126. The number of aliphatic imine (C=N–C) groups is 1. The molecule has 0 bridgehead atoms. The normalized spacial score (nSPS) is 14.6. The molecule has 0 atom stereocenters. The lowest BCUT2D eigenvalue weighted by Gasteiger charge is -2.28. The Morgan fingerprint density at radius 2 is 1.54 bits per heavy atom. The van der Waals surface area contributed by atoms with Crippen molar-refractivity contribution in [2.45, 2.75) is 46.6 Å². The second-order valence-corrected chi connectivity index (χ2v) is 13.2. The molecular weight excluding hydrogens is 641 g/mol. The summed E-state index contributed by atoms with van der Waals surface area (Å²) in [6.07, 6.45) is 8.41. The molecule has 0 spiro atoms. The maximum absolute atomic E-state index is 14.2. The third kappa shape index (κ3) is 8.04. The van der Waals surface area contributed by atoms with Gasteiger partial charge in [0.25, 0.3) is 11.8 Å². The zero-order valence-corrected chi connectivity index (χ0v) is 29.9. The number of benzene rings is 3. The summed E-state index contributed by atoms with van der Waals surface area (Å²) >= 11 is 1.04. The van der Waals surface area contributed by atoms with Crippen LogP contribution in [-0.4, -0.2) is 38.1 Å². The molecule has 0 unspecified atom stereocenters. The van der Waals surface area contributed by atoms with Gasteiger partial charge in [-0.1, -0.05) is 123 Å². The van der Waals surface area contributed by atoms with E-state index in [1.54, 1.807) is 37.3 Å². The predicted molar refractivity (Wildman–Crippen MR) is 205 cm³/mol. The molecule has 1 aromatic heterocycles. The van der Waals surface area contributed by atoms with Gasteiger partial charge >= 0.3 is 0 Å². The molecule has 50 heavy (non-hydrogen) atoms. The van der Waals surface area contributed by atoms with Crippen LogP contribution >= 0.6 is 11.8 Å². The van der Waals surface area contributed by atoms with Gasteiger partial charge in [-0.15, -0.1) is 0 Å². The maximum Gasteiger partial charge on any atom is 0.285 e. The van der Waals surface area contributed by atoms with Crippen LogP contribution in [0.25, 0.3) is 11.8 Å². The van der Waals surface area contributed by atoms with Crippen molar-refractivity contribution in [1.82, 2.24) is 14.8 Å². The van der Waals surface area contributed by atoms with Gasteiger partial charge in [-0.2, -0.15) is 4.99 Å². The highest BCUT2D eigenvalue weighted by Gasteiger charge is 2.35. The van der Waals surface area contributed by atoms with Crippen LogP contribution in [0.5, 0.6) is 0 Å². The number of nitrogens with one attached hydrogen (secondary N) is 1. The van der Waals surface area contributed by atoms with Crippen molar-refractivity contribution in [2.24, 2.45) is 4.99 Å². The van der Waals surface area contributed by atoms with Crippen molar-refractivity contribution in [3.8, 4) is 5.69 Å². The second-order valence-electron chi connectivity index (χ2n) is 12.2. The third-order valence-corrected chi connectivity index (χ3v) is 9.44. The zero-order valence-electron chi connectivity index (χ0n) is 29.1. The molecule has 0 saturated carbocycles. The highest BCUT2D eigenvalue weighted by Crippen LogP contribution is 2.29. The number of nitrogens with zero attached hydrogens (tertiary/aromatic N) is 3. The molecule has 1 aliphatic rings. The van der Waals surface area contributed by atoms with Crippen LogP contribution in [0.2, 0.25) is 0 Å². The molecule has 0 aliphatic carbocycles. The van der Waals surface area contributed by atoms with Crippen molar-refractivity contribution >= 4 is 40.7 Å². The molecule has 3 amide bonds.